The molecular weight excluding hydrogens is 492 g/mol. The maximum atomic E-state index is 2.48. The minimum atomic E-state index is 1.18. The number of fused-ring (bicyclic) bond motifs is 10. The van der Waals surface area contributed by atoms with Gasteiger partial charge in [0.05, 0.1) is 32.5 Å². The molecule has 3 heteroatoms. The minimum absolute atomic E-state index is 1.18. The number of hydrogen-bond donors (Lipinski definition) is 0. The van der Waals surface area contributed by atoms with Gasteiger partial charge in [-0.2, -0.15) is 0 Å². The van der Waals surface area contributed by atoms with E-state index in [0.717, 1.165) is 0 Å². The molecular formula is C36H22N2S. The Hall–Kier alpha value is -4.86. The molecule has 0 N–H and O–H groups in total. The fourth-order valence-electron chi connectivity index (χ4n) is 6.52. The van der Waals surface area contributed by atoms with Crippen molar-refractivity contribution in [2.24, 2.45) is 0 Å². The van der Waals surface area contributed by atoms with Crippen molar-refractivity contribution in [1.82, 2.24) is 9.13 Å². The smallest absolute Gasteiger partial charge is 0.0641 e. The van der Waals surface area contributed by atoms with Crippen LogP contribution in [0.3, 0.4) is 0 Å². The first-order valence-corrected chi connectivity index (χ1v) is 14.1. The minimum Gasteiger partial charge on any atom is -0.309 e. The maximum absolute atomic E-state index is 2.48. The molecule has 0 bridgehead atoms. The van der Waals surface area contributed by atoms with Crippen LogP contribution in [0.2, 0.25) is 0 Å². The number of aromatic nitrogens is 2. The molecule has 0 atom stereocenters. The van der Waals surface area contributed by atoms with Crippen LogP contribution >= 0.6 is 11.3 Å². The van der Waals surface area contributed by atoms with Gasteiger partial charge in [0.25, 0.3) is 0 Å². The van der Waals surface area contributed by atoms with E-state index in [4.69, 9.17) is 0 Å². The van der Waals surface area contributed by atoms with E-state index < -0.39 is 0 Å². The average molecular weight is 515 g/mol. The second-order valence-corrected chi connectivity index (χ2v) is 11.2. The van der Waals surface area contributed by atoms with E-state index in [2.05, 4.69) is 143 Å². The molecule has 6 aromatic carbocycles. The molecule has 0 aliphatic rings. The highest BCUT2D eigenvalue weighted by Crippen LogP contribution is 2.44. The van der Waals surface area contributed by atoms with Crippen LogP contribution in [0.5, 0.6) is 0 Å². The van der Waals surface area contributed by atoms with E-state index in [-0.39, 0.29) is 0 Å². The third-order valence-electron chi connectivity index (χ3n) is 8.11. The molecule has 0 amide bonds. The van der Waals surface area contributed by atoms with Crippen molar-refractivity contribution >= 4 is 75.1 Å². The number of thiophene rings is 1. The summed E-state index contributed by atoms with van der Waals surface area (Å²) in [6.45, 7) is 0. The summed E-state index contributed by atoms with van der Waals surface area (Å²) >= 11 is 1.89. The Morgan fingerprint density at radius 1 is 0.410 bits per heavy atom. The van der Waals surface area contributed by atoms with Gasteiger partial charge in [-0.3, -0.25) is 0 Å². The van der Waals surface area contributed by atoms with E-state index >= 15 is 0 Å². The molecule has 9 aromatic rings. The van der Waals surface area contributed by atoms with Crippen molar-refractivity contribution < 1.29 is 0 Å². The molecule has 0 spiro atoms. The quantitative estimate of drug-likeness (QED) is 0.217. The normalized spacial score (nSPS) is 12.1. The Kier molecular flexibility index (Phi) is 4.24. The molecule has 0 radical (unpaired) electrons. The molecule has 0 unspecified atom stereocenters. The Bertz CT molecular complexity index is 2390. The third kappa shape index (κ3) is 2.80. The largest absolute Gasteiger partial charge is 0.309 e. The lowest BCUT2D eigenvalue weighted by Crippen LogP contribution is -1.95. The summed E-state index contributed by atoms with van der Waals surface area (Å²) in [4.78, 5) is 0. The first kappa shape index (κ1) is 21.1. The molecule has 182 valence electrons. The Labute approximate surface area is 228 Å². The topological polar surface area (TPSA) is 9.86 Å². The van der Waals surface area contributed by atoms with E-state index in [0.29, 0.717) is 0 Å². The highest BCUT2D eigenvalue weighted by molar-refractivity contribution is 7.26. The van der Waals surface area contributed by atoms with Gasteiger partial charge in [0.15, 0.2) is 0 Å². The van der Waals surface area contributed by atoms with Crippen molar-refractivity contribution in [3.8, 4) is 11.4 Å². The summed E-state index contributed by atoms with van der Waals surface area (Å²) in [5.41, 5.74) is 7.37. The molecule has 0 fully saturated rings. The molecule has 9 rings (SSSR count). The number of benzene rings is 6. The first-order chi connectivity index (χ1) is 19.4. The first-order valence-electron chi connectivity index (χ1n) is 13.3. The molecule has 0 aliphatic heterocycles. The van der Waals surface area contributed by atoms with Gasteiger partial charge in [-0.1, -0.05) is 91.0 Å². The standard InChI is InChI=1S/C36H22N2S/c1-2-11-23(12-3-1)37-29-17-7-4-13-24(29)26-21-22-31-34(35(26)37)28-15-5-8-18-30(28)38(31)32-19-10-16-27-25-14-6-9-20-33(25)39-36(27)32/h1-22H. The van der Waals surface area contributed by atoms with Crippen molar-refractivity contribution in [2.75, 3.05) is 0 Å². The number of nitrogens with zero attached hydrogens (tertiary/aromatic N) is 2. The summed E-state index contributed by atoms with van der Waals surface area (Å²) < 4.78 is 7.58. The number of hydrogen-bond acceptors (Lipinski definition) is 1. The molecule has 0 saturated carbocycles. The molecule has 3 heterocycles. The number of para-hydroxylation sites is 3. The van der Waals surface area contributed by atoms with Crippen LogP contribution in [0.1, 0.15) is 0 Å². The van der Waals surface area contributed by atoms with Crippen LogP contribution in [0, 0.1) is 0 Å². The predicted octanol–water partition coefficient (Wildman–Crippen LogP) is 10.2. The Morgan fingerprint density at radius 3 is 1.92 bits per heavy atom. The molecule has 0 saturated heterocycles. The van der Waals surface area contributed by atoms with Gasteiger partial charge in [0.1, 0.15) is 0 Å². The van der Waals surface area contributed by atoms with Gasteiger partial charge in [-0.15, -0.1) is 11.3 Å². The van der Waals surface area contributed by atoms with E-state index in [9.17, 15) is 0 Å². The van der Waals surface area contributed by atoms with Gasteiger partial charge in [0, 0.05) is 42.7 Å². The lowest BCUT2D eigenvalue weighted by Gasteiger charge is -2.10. The summed E-state index contributed by atoms with van der Waals surface area (Å²) in [6.07, 6.45) is 0. The lowest BCUT2D eigenvalue weighted by atomic mass is 10.1. The molecule has 39 heavy (non-hydrogen) atoms. The maximum Gasteiger partial charge on any atom is 0.0641 e. The van der Waals surface area contributed by atoms with Crippen LogP contribution < -0.4 is 0 Å². The molecule has 2 nitrogen and oxygen atoms in total. The van der Waals surface area contributed by atoms with E-state index in [1.165, 1.54) is 75.2 Å². The van der Waals surface area contributed by atoms with Crippen molar-refractivity contribution in [1.29, 1.82) is 0 Å². The van der Waals surface area contributed by atoms with Crippen LogP contribution in [-0.4, -0.2) is 9.13 Å². The Balaban J connectivity index is 1.51. The van der Waals surface area contributed by atoms with Crippen molar-refractivity contribution in [3.05, 3.63) is 133 Å². The SMILES string of the molecule is c1ccc(-n2c3ccccc3c3ccc4c(c5ccccc5n4-c4cccc5c4sc4ccccc45)c32)cc1. The summed E-state index contributed by atoms with van der Waals surface area (Å²) in [6, 6.07) is 48.6. The highest BCUT2D eigenvalue weighted by atomic mass is 32.1. The molecule has 0 aliphatic carbocycles. The highest BCUT2D eigenvalue weighted by Gasteiger charge is 2.21. The molecule has 3 aromatic heterocycles. The van der Waals surface area contributed by atoms with Crippen LogP contribution in [-0.2, 0) is 0 Å². The summed E-state index contributed by atoms with van der Waals surface area (Å²) in [7, 11) is 0. The monoisotopic (exact) mass is 514 g/mol. The van der Waals surface area contributed by atoms with Gasteiger partial charge < -0.3 is 9.13 Å². The van der Waals surface area contributed by atoms with Crippen molar-refractivity contribution in [3.63, 3.8) is 0 Å². The van der Waals surface area contributed by atoms with Gasteiger partial charge in [-0.25, -0.2) is 0 Å². The fraction of sp³-hybridized carbons (Fsp3) is 0. The fourth-order valence-corrected chi connectivity index (χ4v) is 7.73. The van der Waals surface area contributed by atoms with Crippen LogP contribution in [0.4, 0.5) is 0 Å². The zero-order valence-corrected chi connectivity index (χ0v) is 21.8. The second kappa shape index (κ2) is 7.83. The van der Waals surface area contributed by atoms with Gasteiger partial charge in [-0.05, 0) is 42.5 Å². The van der Waals surface area contributed by atoms with Crippen molar-refractivity contribution in [2.45, 2.75) is 0 Å². The van der Waals surface area contributed by atoms with Crippen LogP contribution in [0.15, 0.2) is 133 Å². The summed E-state index contributed by atoms with van der Waals surface area (Å²) in [5.74, 6) is 0. The zero-order chi connectivity index (χ0) is 25.5. The van der Waals surface area contributed by atoms with E-state index in [1.807, 2.05) is 11.3 Å². The second-order valence-electron chi connectivity index (χ2n) is 10.1. The lowest BCUT2D eigenvalue weighted by molar-refractivity contribution is 1.18. The van der Waals surface area contributed by atoms with Gasteiger partial charge >= 0.3 is 0 Å². The zero-order valence-electron chi connectivity index (χ0n) is 21.0. The summed E-state index contributed by atoms with van der Waals surface area (Å²) in [5, 5.41) is 7.77. The average Bonchev–Trinajstić information content (AvgIpc) is 3.65. The Morgan fingerprint density at radius 2 is 1.08 bits per heavy atom. The van der Waals surface area contributed by atoms with Gasteiger partial charge in [0.2, 0.25) is 0 Å². The third-order valence-corrected chi connectivity index (χ3v) is 9.32. The van der Waals surface area contributed by atoms with Crippen LogP contribution in [0.25, 0.3) is 75.2 Å². The van der Waals surface area contributed by atoms with E-state index in [1.54, 1.807) is 0 Å². The predicted molar refractivity (Wildman–Crippen MR) is 168 cm³/mol. The number of rotatable bonds is 2.